The Hall–Kier alpha value is -3.82. The summed E-state index contributed by atoms with van der Waals surface area (Å²) >= 11 is 0. The van der Waals surface area contributed by atoms with Crippen LogP contribution in [0.2, 0.25) is 0 Å². The minimum absolute atomic E-state index is 0.163. The Morgan fingerprint density at radius 2 is 1.88 bits per heavy atom. The van der Waals surface area contributed by atoms with Crippen LogP contribution >= 0.6 is 0 Å². The minimum atomic E-state index is -4.67. The van der Waals surface area contributed by atoms with Crippen LogP contribution in [0.3, 0.4) is 0 Å². The molecule has 166 valence electrons. The van der Waals surface area contributed by atoms with E-state index in [9.17, 15) is 22.4 Å². The second kappa shape index (κ2) is 6.60. The van der Waals surface area contributed by atoms with Crippen molar-refractivity contribution in [2.75, 3.05) is 10.2 Å². The van der Waals surface area contributed by atoms with E-state index < -0.39 is 23.6 Å². The number of nitrogens with one attached hydrogen (secondary N) is 1. The summed E-state index contributed by atoms with van der Waals surface area (Å²) in [6, 6.07) is 8.18. The molecule has 1 aliphatic heterocycles. The number of hydrogen-bond acceptors (Lipinski definition) is 5. The van der Waals surface area contributed by atoms with Gasteiger partial charge in [0.2, 0.25) is 5.91 Å². The van der Waals surface area contributed by atoms with Gasteiger partial charge in [-0.15, -0.1) is 0 Å². The van der Waals surface area contributed by atoms with Crippen LogP contribution in [-0.4, -0.2) is 32.4 Å². The Morgan fingerprint density at radius 1 is 1.09 bits per heavy atom. The Bertz CT molecular complexity index is 1320. The number of aromatic nitrogens is 3. The zero-order chi connectivity index (χ0) is 23.0. The topological polar surface area (TPSA) is 71.0 Å². The van der Waals surface area contributed by atoms with Crippen LogP contribution in [0.25, 0.3) is 11.4 Å². The molecule has 2 aromatic heterocycles. The molecule has 2 aliphatic carbocycles. The average molecular weight is 453 g/mol. The summed E-state index contributed by atoms with van der Waals surface area (Å²) in [5.41, 5.74) is 1.28. The molecule has 10 heteroatoms. The molecular weight excluding hydrogens is 438 g/mol. The lowest BCUT2D eigenvalue weighted by atomic mass is 10.0. The molecule has 33 heavy (non-hydrogen) atoms. The predicted octanol–water partition coefficient (Wildman–Crippen LogP) is 4.37. The lowest BCUT2D eigenvalue weighted by molar-refractivity contribution is -0.137. The smallest absolute Gasteiger partial charge is 0.331 e. The molecule has 1 unspecified atom stereocenters. The Balaban J connectivity index is 1.31. The van der Waals surface area contributed by atoms with E-state index in [0.29, 0.717) is 12.2 Å². The standard InChI is InChI=1S/C23H15F4N5O/c24-12-10-29-20(30-11-12)14-7-13(4-5-15(14)23(25,26)27)31-21(33)18-8-16-17-9-22(16,17)32(18)19-3-1-2-6-28-19/h1-7,10-11,18H,8-9H2,(H,31,33)/t18-,22?/m1/s1. The van der Waals surface area contributed by atoms with Gasteiger partial charge in [-0.1, -0.05) is 6.07 Å². The zero-order valence-electron chi connectivity index (χ0n) is 16.9. The molecule has 1 spiro atoms. The predicted molar refractivity (Wildman–Crippen MR) is 111 cm³/mol. The third-order valence-corrected chi connectivity index (χ3v) is 6.38. The maximum atomic E-state index is 13.6. The number of alkyl halides is 3. The first-order valence-electron chi connectivity index (χ1n) is 10.2. The highest BCUT2D eigenvalue weighted by atomic mass is 19.4. The first kappa shape index (κ1) is 19.8. The van der Waals surface area contributed by atoms with Crippen molar-refractivity contribution in [1.82, 2.24) is 15.0 Å². The van der Waals surface area contributed by atoms with Crippen molar-refractivity contribution >= 4 is 17.4 Å². The van der Waals surface area contributed by atoms with Gasteiger partial charge in [0, 0.05) is 30.3 Å². The number of hydrogen-bond donors (Lipinski definition) is 1. The summed E-state index contributed by atoms with van der Waals surface area (Å²) in [5.74, 6) is -0.706. The fourth-order valence-electron chi connectivity index (χ4n) is 4.76. The fraction of sp³-hybridized carbons (Fsp3) is 0.217. The summed E-state index contributed by atoms with van der Waals surface area (Å²) in [6.07, 6.45) is 0.0503. The lowest BCUT2D eigenvalue weighted by Gasteiger charge is -2.28. The highest BCUT2D eigenvalue weighted by Gasteiger charge is 2.76. The maximum absolute atomic E-state index is 13.6. The number of nitrogens with zero attached hydrogens (tertiary/aromatic N) is 4. The Morgan fingerprint density at radius 3 is 2.55 bits per heavy atom. The third-order valence-electron chi connectivity index (χ3n) is 6.38. The van der Waals surface area contributed by atoms with E-state index in [4.69, 9.17) is 0 Å². The second-order valence-electron chi connectivity index (χ2n) is 8.24. The molecule has 1 amide bonds. The van der Waals surface area contributed by atoms with Crippen molar-refractivity contribution in [1.29, 1.82) is 0 Å². The molecule has 1 saturated heterocycles. The SMILES string of the molecule is O=C(Nc1ccc(C(F)(F)F)c(-c2ncc(F)cn2)c1)[C@H]1CC2=C3CC23N1c1ccccn1. The fourth-order valence-corrected chi connectivity index (χ4v) is 4.76. The van der Waals surface area contributed by atoms with E-state index in [1.165, 1.54) is 17.2 Å². The van der Waals surface area contributed by atoms with Crippen molar-refractivity contribution in [2.45, 2.75) is 30.6 Å². The van der Waals surface area contributed by atoms with Gasteiger partial charge in [0.25, 0.3) is 0 Å². The molecular formula is C23H15F4N5O. The largest absolute Gasteiger partial charge is 0.417 e. The Kier molecular flexibility index (Phi) is 3.96. The van der Waals surface area contributed by atoms with Gasteiger partial charge >= 0.3 is 6.18 Å². The van der Waals surface area contributed by atoms with Gasteiger partial charge in [0.05, 0.1) is 23.5 Å². The number of carbonyl (C=O) groups is 1. The summed E-state index contributed by atoms with van der Waals surface area (Å²) in [6.45, 7) is 0. The molecule has 3 aromatic rings. The van der Waals surface area contributed by atoms with Gasteiger partial charge in [-0.05, 0) is 41.5 Å². The Labute approximate surface area is 185 Å². The maximum Gasteiger partial charge on any atom is 0.417 e. The van der Waals surface area contributed by atoms with Crippen molar-refractivity contribution < 1.29 is 22.4 Å². The minimum Gasteiger partial charge on any atom is -0.331 e. The molecule has 3 aliphatic rings. The number of pyridine rings is 1. The molecule has 1 aromatic carbocycles. The molecule has 2 atom stereocenters. The van der Waals surface area contributed by atoms with E-state index in [0.717, 1.165) is 30.9 Å². The number of anilines is 2. The number of benzene rings is 1. The highest BCUT2D eigenvalue weighted by Crippen LogP contribution is 2.75. The van der Waals surface area contributed by atoms with Crippen molar-refractivity contribution in [3.8, 4) is 11.4 Å². The van der Waals surface area contributed by atoms with Gasteiger partial charge in [-0.3, -0.25) is 4.79 Å². The summed E-state index contributed by atoms with van der Waals surface area (Å²) in [7, 11) is 0. The van der Waals surface area contributed by atoms with E-state index in [1.54, 1.807) is 12.3 Å². The molecule has 0 radical (unpaired) electrons. The van der Waals surface area contributed by atoms with Gasteiger partial charge in [-0.25, -0.2) is 19.3 Å². The number of amides is 1. The van der Waals surface area contributed by atoms with E-state index in [-0.39, 0.29) is 28.5 Å². The van der Waals surface area contributed by atoms with Crippen molar-refractivity contribution in [3.63, 3.8) is 0 Å². The quantitative estimate of drug-likeness (QED) is 0.469. The van der Waals surface area contributed by atoms with Gasteiger partial charge in [-0.2, -0.15) is 13.2 Å². The van der Waals surface area contributed by atoms with Crippen LogP contribution in [0.4, 0.5) is 29.1 Å². The number of carbonyl (C=O) groups excluding carboxylic acids is 1. The normalized spacial score (nSPS) is 22.7. The van der Waals surface area contributed by atoms with Crippen LogP contribution in [0.5, 0.6) is 0 Å². The summed E-state index contributed by atoms with van der Waals surface area (Å²) < 4.78 is 53.8. The van der Waals surface area contributed by atoms with Gasteiger partial charge in [0.15, 0.2) is 11.6 Å². The molecule has 6 rings (SSSR count). The van der Waals surface area contributed by atoms with Crippen LogP contribution in [-0.2, 0) is 11.0 Å². The highest BCUT2D eigenvalue weighted by molar-refractivity contribution is 6.02. The van der Waals surface area contributed by atoms with E-state index >= 15 is 0 Å². The summed E-state index contributed by atoms with van der Waals surface area (Å²) in [4.78, 5) is 27.0. The molecule has 1 saturated carbocycles. The van der Waals surface area contributed by atoms with E-state index in [2.05, 4.69) is 20.3 Å². The van der Waals surface area contributed by atoms with Crippen LogP contribution in [0, 0.1) is 5.82 Å². The van der Waals surface area contributed by atoms with Crippen LogP contribution in [0.1, 0.15) is 18.4 Å². The first-order chi connectivity index (χ1) is 15.8. The molecule has 3 heterocycles. The van der Waals surface area contributed by atoms with Crippen molar-refractivity contribution in [2.24, 2.45) is 0 Å². The third kappa shape index (κ3) is 3.00. The molecule has 1 N–H and O–H groups in total. The number of halogens is 4. The van der Waals surface area contributed by atoms with Crippen molar-refractivity contribution in [3.05, 3.63) is 77.5 Å². The molecule has 0 bridgehead atoms. The van der Waals surface area contributed by atoms with Gasteiger partial charge < -0.3 is 10.2 Å². The average Bonchev–Trinajstić information content (AvgIpc) is 3.64. The van der Waals surface area contributed by atoms with Crippen LogP contribution in [0.15, 0.2) is 66.1 Å². The van der Waals surface area contributed by atoms with Crippen LogP contribution < -0.4 is 10.2 Å². The zero-order valence-corrected chi connectivity index (χ0v) is 16.9. The summed E-state index contributed by atoms with van der Waals surface area (Å²) in [5, 5.41) is 2.73. The first-order valence-corrected chi connectivity index (χ1v) is 10.2. The molecule has 6 nitrogen and oxygen atoms in total. The lowest BCUT2D eigenvalue weighted by Crippen LogP contribution is -2.44. The molecule has 2 fully saturated rings. The van der Waals surface area contributed by atoms with E-state index in [1.807, 2.05) is 17.0 Å². The monoisotopic (exact) mass is 453 g/mol. The second-order valence-corrected chi connectivity index (χ2v) is 8.24. The van der Waals surface area contributed by atoms with Gasteiger partial charge in [0.1, 0.15) is 11.9 Å². The number of rotatable bonds is 4.